The van der Waals surface area contributed by atoms with Crippen molar-refractivity contribution in [1.82, 2.24) is 0 Å². The van der Waals surface area contributed by atoms with Gasteiger partial charge in [0.25, 0.3) is 0 Å². The van der Waals surface area contributed by atoms with Crippen molar-refractivity contribution in [2.75, 3.05) is 9.80 Å². The Morgan fingerprint density at radius 3 is 0.814 bits per heavy atom. The molecule has 2 heteroatoms. The van der Waals surface area contributed by atoms with Crippen LogP contribution < -0.4 is 9.80 Å². The van der Waals surface area contributed by atoms with Crippen molar-refractivity contribution in [3.63, 3.8) is 0 Å². The molecule has 0 bridgehead atoms. The van der Waals surface area contributed by atoms with Crippen molar-refractivity contribution >= 4 is 131 Å². The molecule has 18 aromatic rings. The minimum absolute atomic E-state index is 0.205. The number of rotatable bonds is 6. The third-order valence-corrected chi connectivity index (χ3v) is 25.3. The van der Waals surface area contributed by atoms with Gasteiger partial charge in [-0.05, 0) is 260 Å². The molecule has 482 valence electrons. The third-order valence-electron chi connectivity index (χ3n) is 25.3. The molecule has 0 spiro atoms. The Hall–Kier alpha value is -11.8. The lowest BCUT2D eigenvalue weighted by Crippen LogP contribution is -2.17. The van der Waals surface area contributed by atoms with Gasteiger partial charge in [0.05, 0.1) is 11.4 Å². The summed E-state index contributed by atoms with van der Waals surface area (Å²) < 4.78 is 0. The fourth-order valence-electron chi connectivity index (χ4n) is 20.2. The smallest absolute Gasteiger partial charge is 0.0540 e. The standard InChI is InChI=1S/C100H72N2/c1-97(2)85-31-19-17-29-71(85)73-43-37-61(51-89(73)97)101(59-39-45-87-81(49-59)83-53-77-67-25-13-9-21-63(67)65-23-11-15-27-69(65)79(77)55-91(83)99(87,5)6)93-47-35-57-34-42-76-94(48-36-58-33-41-75(93)95(57)96(58)76)102(62-38-44-74-72-30-18-20-32-86(72)98(3,4)90(74)52-62)60-40-46-88-82(50-60)84-54-78-68-26-14-10-22-64(68)66-24-12-16-28-70(66)80(78)56-92(84)100(88,7)8/h9-56H,1-8H3. The number of hydrogen-bond donors (Lipinski definition) is 0. The Kier molecular flexibility index (Phi) is 11.4. The summed E-state index contributed by atoms with van der Waals surface area (Å²) >= 11 is 0. The lowest BCUT2D eigenvalue weighted by molar-refractivity contribution is 0.660. The summed E-state index contributed by atoms with van der Waals surface area (Å²) in [5.41, 5.74) is 27.3. The highest BCUT2D eigenvalue weighted by Crippen LogP contribution is 2.59. The Bertz CT molecular complexity index is 6420. The molecule has 2 nitrogen and oxygen atoms in total. The van der Waals surface area contributed by atoms with Crippen LogP contribution in [0.2, 0.25) is 0 Å². The first kappa shape index (κ1) is 58.0. The average Bonchev–Trinajstić information content (AvgIpc) is 1.54. The van der Waals surface area contributed by atoms with E-state index in [1.54, 1.807) is 0 Å². The predicted molar refractivity (Wildman–Crippen MR) is 435 cm³/mol. The minimum atomic E-state index is -0.237. The van der Waals surface area contributed by atoms with Crippen LogP contribution >= 0.6 is 0 Å². The van der Waals surface area contributed by atoms with Gasteiger partial charge in [-0.1, -0.05) is 262 Å². The van der Waals surface area contributed by atoms with Gasteiger partial charge in [-0.25, -0.2) is 0 Å². The van der Waals surface area contributed by atoms with Gasteiger partial charge in [0.1, 0.15) is 0 Å². The Morgan fingerprint density at radius 2 is 0.441 bits per heavy atom. The molecule has 0 N–H and O–H groups in total. The van der Waals surface area contributed by atoms with Crippen LogP contribution in [0.25, 0.3) is 141 Å². The SMILES string of the molecule is CC1(C)c2ccccc2-c2ccc(N(c3ccc4c(c3)-c3cc5c6ccccc6c6ccccc6c5cc3C4(C)C)c3ccc4ccc5c(N(c6ccc7c(c6)-c6cc8c9ccccc9c9ccccc9c8cc6C7(C)C)c6ccc7c(c6)C(C)(C)c6ccccc6-7)ccc6ccc3c4c65)cc21. The van der Waals surface area contributed by atoms with Crippen molar-refractivity contribution in [3.8, 4) is 44.5 Å². The van der Waals surface area contributed by atoms with Gasteiger partial charge in [-0.3, -0.25) is 0 Å². The molecule has 4 aliphatic rings. The van der Waals surface area contributed by atoms with E-state index in [1.165, 1.54) is 186 Å². The van der Waals surface area contributed by atoms with Crippen LogP contribution in [0.15, 0.2) is 291 Å². The summed E-state index contributed by atoms with van der Waals surface area (Å²) in [6.45, 7) is 19.3. The summed E-state index contributed by atoms with van der Waals surface area (Å²) in [5.74, 6) is 0. The highest BCUT2D eigenvalue weighted by Gasteiger charge is 2.42. The highest BCUT2D eigenvalue weighted by atomic mass is 15.2. The average molecular weight is 1300 g/mol. The lowest BCUT2D eigenvalue weighted by atomic mass is 9.81. The van der Waals surface area contributed by atoms with Gasteiger partial charge in [0, 0.05) is 55.2 Å². The normalized spacial score (nSPS) is 15.2. The number of nitrogens with zero attached hydrogens (tertiary/aromatic N) is 2. The van der Waals surface area contributed by atoms with Crippen LogP contribution in [0.5, 0.6) is 0 Å². The van der Waals surface area contributed by atoms with E-state index in [2.05, 4.69) is 356 Å². The number of anilines is 6. The quantitative estimate of drug-likeness (QED) is 0.153. The minimum Gasteiger partial charge on any atom is -0.310 e. The van der Waals surface area contributed by atoms with Crippen LogP contribution in [0.3, 0.4) is 0 Å². The molecule has 0 fully saturated rings. The molecular formula is C100H72N2. The van der Waals surface area contributed by atoms with Gasteiger partial charge < -0.3 is 9.80 Å². The second-order valence-corrected chi connectivity index (χ2v) is 31.8. The molecule has 102 heavy (non-hydrogen) atoms. The molecule has 0 atom stereocenters. The van der Waals surface area contributed by atoms with E-state index in [1.807, 2.05) is 0 Å². The molecule has 22 rings (SSSR count). The first-order valence-corrected chi connectivity index (χ1v) is 36.5. The van der Waals surface area contributed by atoms with Crippen LogP contribution in [-0.4, -0.2) is 0 Å². The zero-order valence-electron chi connectivity index (χ0n) is 58.6. The first-order valence-electron chi connectivity index (χ1n) is 36.5. The summed E-state index contributed by atoms with van der Waals surface area (Å²) in [7, 11) is 0. The zero-order valence-corrected chi connectivity index (χ0v) is 58.6. The number of hydrogen-bond acceptors (Lipinski definition) is 2. The van der Waals surface area contributed by atoms with Gasteiger partial charge >= 0.3 is 0 Å². The molecule has 0 heterocycles. The maximum atomic E-state index is 2.59. The monoisotopic (exact) mass is 1300 g/mol. The molecule has 0 unspecified atom stereocenters. The largest absolute Gasteiger partial charge is 0.310 e. The molecule has 0 aliphatic heterocycles. The third kappa shape index (κ3) is 7.53. The maximum Gasteiger partial charge on any atom is 0.0540 e. The summed E-state index contributed by atoms with van der Waals surface area (Å²) in [5, 5.41) is 23.0. The van der Waals surface area contributed by atoms with Crippen LogP contribution in [0, 0.1) is 0 Å². The van der Waals surface area contributed by atoms with Crippen LogP contribution in [0.4, 0.5) is 34.1 Å². The molecule has 0 radical (unpaired) electrons. The first-order chi connectivity index (χ1) is 49.6. The van der Waals surface area contributed by atoms with E-state index in [0.29, 0.717) is 0 Å². The second kappa shape index (κ2) is 20.0. The van der Waals surface area contributed by atoms with Gasteiger partial charge in [-0.15, -0.1) is 0 Å². The van der Waals surface area contributed by atoms with E-state index in [-0.39, 0.29) is 21.7 Å². The van der Waals surface area contributed by atoms with Gasteiger partial charge in [0.2, 0.25) is 0 Å². The molecular weight excluding hydrogens is 1230 g/mol. The summed E-state index contributed by atoms with van der Waals surface area (Å²) in [6.07, 6.45) is 0. The van der Waals surface area contributed by atoms with E-state index in [0.717, 1.165) is 34.1 Å². The van der Waals surface area contributed by atoms with Crippen molar-refractivity contribution in [1.29, 1.82) is 0 Å². The van der Waals surface area contributed by atoms with E-state index < -0.39 is 0 Å². The molecule has 0 saturated carbocycles. The molecule has 0 saturated heterocycles. The predicted octanol–water partition coefficient (Wildman–Crippen LogP) is 27.7. The topological polar surface area (TPSA) is 6.48 Å². The Balaban J connectivity index is 0.766. The fraction of sp³-hybridized carbons (Fsp3) is 0.120. The van der Waals surface area contributed by atoms with Crippen molar-refractivity contribution in [3.05, 3.63) is 336 Å². The molecule has 18 aromatic carbocycles. The van der Waals surface area contributed by atoms with Crippen LogP contribution in [-0.2, 0) is 21.7 Å². The summed E-state index contributed by atoms with van der Waals surface area (Å²) in [4.78, 5) is 5.19. The highest BCUT2D eigenvalue weighted by molar-refractivity contribution is 6.30. The Morgan fingerprint density at radius 1 is 0.176 bits per heavy atom. The molecule has 0 aromatic heterocycles. The van der Waals surface area contributed by atoms with Gasteiger partial charge in [0.15, 0.2) is 0 Å². The van der Waals surface area contributed by atoms with E-state index in [9.17, 15) is 0 Å². The van der Waals surface area contributed by atoms with E-state index >= 15 is 0 Å². The molecule has 4 aliphatic carbocycles. The zero-order chi connectivity index (χ0) is 68.2. The number of benzene rings is 18. The van der Waals surface area contributed by atoms with E-state index in [4.69, 9.17) is 0 Å². The second-order valence-electron chi connectivity index (χ2n) is 31.8. The van der Waals surface area contributed by atoms with Crippen molar-refractivity contribution in [2.45, 2.75) is 77.0 Å². The van der Waals surface area contributed by atoms with Crippen molar-refractivity contribution in [2.24, 2.45) is 0 Å². The maximum absolute atomic E-state index is 2.59. The fourth-order valence-corrected chi connectivity index (χ4v) is 20.2. The van der Waals surface area contributed by atoms with Crippen molar-refractivity contribution < 1.29 is 0 Å². The van der Waals surface area contributed by atoms with Crippen LogP contribution in [0.1, 0.15) is 99.9 Å². The summed E-state index contributed by atoms with van der Waals surface area (Å²) in [6, 6.07) is 113. The van der Waals surface area contributed by atoms with Gasteiger partial charge in [-0.2, -0.15) is 0 Å². The lowest BCUT2D eigenvalue weighted by Gasteiger charge is -2.31. The Labute approximate surface area is 594 Å². The number of fused-ring (bicyclic) bond motifs is 24. The molecule has 0 amide bonds.